The third kappa shape index (κ3) is 2.55. The predicted octanol–water partition coefficient (Wildman–Crippen LogP) is 1.88. The van der Waals surface area contributed by atoms with Gasteiger partial charge in [0.15, 0.2) is 11.6 Å². The molecule has 0 unspecified atom stereocenters. The monoisotopic (exact) mass is 195 g/mol. The van der Waals surface area contributed by atoms with Gasteiger partial charge in [-0.2, -0.15) is 5.10 Å². The van der Waals surface area contributed by atoms with Crippen LogP contribution in [0, 0.1) is 11.2 Å². The molecule has 0 aliphatic rings. The van der Waals surface area contributed by atoms with E-state index in [4.69, 9.17) is 10.1 Å². The second-order valence-electron chi connectivity index (χ2n) is 2.41. The van der Waals surface area contributed by atoms with Crippen LogP contribution in [-0.4, -0.2) is 19.5 Å². The molecular formula is C9H10FN3O. The Morgan fingerprint density at radius 2 is 2.36 bits per heavy atom. The van der Waals surface area contributed by atoms with Gasteiger partial charge in [0, 0.05) is 12.3 Å². The summed E-state index contributed by atoms with van der Waals surface area (Å²) in [6, 6.07) is 4.39. The second kappa shape index (κ2) is 4.96. The fraction of sp³-hybridized carbons (Fsp3) is 0.111. The molecule has 0 aromatic heterocycles. The van der Waals surface area contributed by atoms with E-state index in [1.54, 1.807) is 6.07 Å². The van der Waals surface area contributed by atoms with Crippen LogP contribution >= 0.6 is 0 Å². The molecule has 0 radical (unpaired) electrons. The summed E-state index contributed by atoms with van der Waals surface area (Å²) in [4.78, 5) is 0. The zero-order chi connectivity index (χ0) is 10.4. The number of hydrogen-bond donors (Lipinski definition) is 2. The molecule has 0 spiro atoms. The highest BCUT2D eigenvalue weighted by Crippen LogP contribution is 2.20. The number of benzene rings is 1. The van der Waals surface area contributed by atoms with Crippen molar-refractivity contribution in [2.75, 3.05) is 12.5 Å². The maximum Gasteiger partial charge on any atom is 0.167 e. The first-order valence-corrected chi connectivity index (χ1v) is 3.89. The Kier molecular flexibility index (Phi) is 3.60. The zero-order valence-corrected chi connectivity index (χ0v) is 7.62. The Morgan fingerprint density at radius 3 is 2.93 bits per heavy atom. The van der Waals surface area contributed by atoms with Gasteiger partial charge in [-0.15, -0.1) is 0 Å². The maximum absolute atomic E-state index is 13.1. The molecule has 0 saturated carbocycles. The molecule has 0 heterocycles. The molecule has 0 aliphatic carbocycles. The average Bonchev–Trinajstić information content (AvgIpc) is 2.18. The van der Waals surface area contributed by atoms with E-state index in [2.05, 4.69) is 10.5 Å². The van der Waals surface area contributed by atoms with Crippen LogP contribution in [0.2, 0.25) is 0 Å². The Labute approximate surface area is 80.9 Å². The van der Waals surface area contributed by atoms with Crippen molar-refractivity contribution in [3.63, 3.8) is 0 Å². The lowest BCUT2D eigenvalue weighted by molar-refractivity contribution is 0.386. The fourth-order valence-electron chi connectivity index (χ4n) is 0.885. The van der Waals surface area contributed by atoms with Crippen molar-refractivity contribution in [2.45, 2.75) is 0 Å². The third-order valence-electron chi connectivity index (χ3n) is 1.49. The van der Waals surface area contributed by atoms with Gasteiger partial charge in [-0.3, -0.25) is 5.43 Å². The van der Waals surface area contributed by atoms with Crippen LogP contribution in [-0.2, 0) is 0 Å². The number of nitrogens with one attached hydrogen (secondary N) is 2. The van der Waals surface area contributed by atoms with Crippen molar-refractivity contribution in [1.29, 1.82) is 5.41 Å². The Bertz CT molecular complexity index is 352. The van der Waals surface area contributed by atoms with E-state index in [0.29, 0.717) is 5.69 Å². The summed E-state index contributed by atoms with van der Waals surface area (Å²) in [7, 11) is 1.40. The first-order valence-electron chi connectivity index (χ1n) is 3.89. The highest BCUT2D eigenvalue weighted by molar-refractivity contribution is 6.14. The molecule has 0 aliphatic heterocycles. The minimum Gasteiger partial charge on any atom is -0.494 e. The summed E-state index contributed by atoms with van der Waals surface area (Å²) in [6.07, 6.45) is 2.27. The number of rotatable bonds is 4. The molecule has 0 fully saturated rings. The molecule has 0 amide bonds. The summed E-state index contributed by atoms with van der Waals surface area (Å²) in [5.74, 6) is -0.269. The molecule has 74 valence electrons. The zero-order valence-electron chi connectivity index (χ0n) is 7.62. The fourth-order valence-corrected chi connectivity index (χ4v) is 0.885. The van der Waals surface area contributed by atoms with Gasteiger partial charge in [0.1, 0.15) is 0 Å². The normalized spacial score (nSPS) is 10.1. The topological polar surface area (TPSA) is 57.5 Å². The summed E-state index contributed by atoms with van der Waals surface area (Å²) in [5, 5.41) is 10.3. The molecule has 2 N–H and O–H groups in total. The Morgan fingerprint density at radius 1 is 1.57 bits per heavy atom. The van der Waals surface area contributed by atoms with Crippen molar-refractivity contribution in [2.24, 2.45) is 5.10 Å². The smallest absolute Gasteiger partial charge is 0.167 e. The number of hydrogen-bond acceptors (Lipinski definition) is 4. The third-order valence-corrected chi connectivity index (χ3v) is 1.49. The highest BCUT2D eigenvalue weighted by Gasteiger charge is 2.01. The van der Waals surface area contributed by atoms with Gasteiger partial charge in [-0.05, 0) is 12.1 Å². The van der Waals surface area contributed by atoms with Crippen LogP contribution in [0.5, 0.6) is 5.75 Å². The molecule has 0 atom stereocenters. The van der Waals surface area contributed by atoms with E-state index >= 15 is 0 Å². The number of halogens is 1. The lowest BCUT2D eigenvalue weighted by Crippen LogP contribution is -1.92. The maximum atomic E-state index is 13.1. The summed E-state index contributed by atoms with van der Waals surface area (Å²) < 4.78 is 17.8. The van der Waals surface area contributed by atoms with Gasteiger partial charge < -0.3 is 10.1 Å². The predicted molar refractivity (Wildman–Crippen MR) is 53.9 cm³/mol. The van der Waals surface area contributed by atoms with E-state index in [9.17, 15) is 4.39 Å². The van der Waals surface area contributed by atoms with Crippen LogP contribution in [0.1, 0.15) is 0 Å². The highest BCUT2D eigenvalue weighted by atomic mass is 19.1. The first kappa shape index (κ1) is 10.2. The van der Waals surface area contributed by atoms with Crippen LogP contribution in [0.25, 0.3) is 0 Å². The average molecular weight is 195 g/mol. The number of nitrogens with zero attached hydrogens (tertiary/aromatic N) is 1. The molecule has 1 rings (SSSR count). The minimum atomic E-state index is -0.456. The molecule has 0 bridgehead atoms. The minimum absolute atomic E-state index is 0.187. The van der Waals surface area contributed by atoms with Crippen molar-refractivity contribution in [3.8, 4) is 5.75 Å². The molecular weight excluding hydrogens is 185 g/mol. The van der Waals surface area contributed by atoms with E-state index in [-0.39, 0.29) is 5.75 Å². The Balaban J connectivity index is 2.75. The van der Waals surface area contributed by atoms with E-state index in [0.717, 1.165) is 6.21 Å². The molecule has 1 aromatic rings. The first-order chi connectivity index (χ1) is 6.77. The van der Waals surface area contributed by atoms with Gasteiger partial charge in [0.2, 0.25) is 0 Å². The van der Waals surface area contributed by atoms with E-state index in [1.165, 1.54) is 25.5 Å². The van der Waals surface area contributed by atoms with Crippen molar-refractivity contribution >= 4 is 18.1 Å². The van der Waals surface area contributed by atoms with Gasteiger partial charge in [0.25, 0.3) is 0 Å². The number of hydrazone groups is 1. The lowest BCUT2D eigenvalue weighted by Gasteiger charge is -2.03. The van der Waals surface area contributed by atoms with Crippen LogP contribution in [0.4, 0.5) is 10.1 Å². The SMILES string of the molecule is COc1ccc(N/N=C\C=N)cc1F. The van der Waals surface area contributed by atoms with Gasteiger partial charge >= 0.3 is 0 Å². The van der Waals surface area contributed by atoms with E-state index < -0.39 is 5.82 Å². The van der Waals surface area contributed by atoms with Crippen molar-refractivity contribution < 1.29 is 9.13 Å². The molecule has 14 heavy (non-hydrogen) atoms. The van der Waals surface area contributed by atoms with Crippen molar-refractivity contribution in [3.05, 3.63) is 24.0 Å². The summed E-state index contributed by atoms with van der Waals surface area (Å²) >= 11 is 0. The largest absolute Gasteiger partial charge is 0.494 e. The van der Waals surface area contributed by atoms with Gasteiger partial charge in [-0.25, -0.2) is 4.39 Å². The number of anilines is 1. The number of methoxy groups -OCH3 is 1. The molecule has 5 heteroatoms. The lowest BCUT2D eigenvalue weighted by atomic mass is 10.3. The molecule has 4 nitrogen and oxygen atoms in total. The Hall–Kier alpha value is -1.91. The van der Waals surface area contributed by atoms with Crippen LogP contribution in [0.3, 0.4) is 0 Å². The van der Waals surface area contributed by atoms with E-state index in [1.807, 2.05) is 0 Å². The quantitative estimate of drug-likeness (QED) is 0.569. The summed E-state index contributed by atoms with van der Waals surface area (Å²) in [5.41, 5.74) is 3.06. The van der Waals surface area contributed by atoms with Gasteiger partial charge in [0.05, 0.1) is 19.0 Å². The molecule has 0 saturated heterocycles. The van der Waals surface area contributed by atoms with Crippen LogP contribution in [0.15, 0.2) is 23.3 Å². The summed E-state index contributed by atoms with van der Waals surface area (Å²) in [6.45, 7) is 0. The van der Waals surface area contributed by atoms with Crippen molar-refractivity contribution in [1.82, 2.24) is 0 Å². The van der Waals surface area contributed by atoms with Gasteiger partial charge in [-0.1, -0.05) is 0 Å². The molecule has 1 aromatic carbocycles. The number of ether oxygens (including phenoxy) is 1. The van der Waals surface area contributed by atoms with Crippen LogP contribution < -0.4 is 10.2 Å². The second-order valence-corrected chi connectivity index (χ2v) is 2.41. The standard InChI is InChI=1S/C9H10FN3O/c1-14-9-3-2-7(6-8(9)10)13-12-5-4-11/h2-6,11,13H,1H3/b11-4?,12-5-.